The zero-order valence-corrected chi connectivity index (χ0v) is 15.2. The topological polar surface area (TPSA) is 0 Å². The van der Waals surface area contributed by atoms with E-state index in [4.69, 9.17) is 0 Å². The van der Waals surface area contributed by atoms with Gasteiger partial charge in [0, 0.05) is 0 Å². The maximum Gasteiger partial charge on any atom is -0.0320 e. The summed E-state index contributed by atoms with van der Waals surface area (Å²) in [6, 6.07) is 0. The van der Waals surface area contributed by atoms with Crippen molar-refractivity contribution in [2.24, 2.45) is 40.9 Å². The van der Waals surface area contributed by atoms with Crippen LogP contribution in [0, 0.1) is 40.9 Å². The molecule has 0 aromatic rings. The first-order valence-electron chi connectivity index (χ1n) is 10.6. The van der Waals surface area contributed by atoms with Crippen LogP contribution in [0.1, 0.15) is 97.3 Å². The molecule has 5 unspecified atom stereocenters. The second kappa shape index (κ2) is 6.14. The van der Waals surface area contributed by atoms with Crippen molar-refractivity contribution in [3.63, 3.8) is 0 Å². The van der Waals surface area contributed by atoms with Crippen LogP contribution in [0.5, 0.6) is 0 Å². The fourth-order valence-corrected chi connectivity index (χ4v) is 7.35. The van der Waals surface area contributed by atoms with E-state index in [1.807, 2.05) is 0 Å². The van der Waals surface area contributed by atoms with Crippen molar-refractivity contribution in [1.29, 1.82) is 0 Å². The number of hydrogen-bond acceptors (Lipinski definition) is 0. The van der Waals surface area contributed by atoms with Crippen LogP contribution in [0.25, 0.3) is 0 Å². The quantitative estimate of drug-likeness (QED) is 0.459. The second-order valence-electron chi connectivity index (χ2n) is 10.4. The molecule has 6 saturated carbocycles. The van der Waals surface area contributed by atoms with E-state index < -0.39 is 0 Å². The number of rotatable bonds is 0. The Bertz CT molecular complexity index is 367. The van der Waals surface area contributed by atoms with Gasteiger partial charge in [-0.3, -0.25) is 0 Å². The largest absolute Gasteiger partial charge is 0.0622 e. The van der Waals surface area contributed by atoms with Crippen molar-refractivity contribution in [3.8, 4) is 0 Å². The van der Waals surface area contributed by atoms with Crippen molar-refractivity contribution in [2.45, 2.75) is 97.3 Å². The molecule has 0 heteroatoms. The predicted molar refractivity (Wildman–Crippen MR) is 94.7 cm³/mol. The lowest BCUT2D eigenvalue weighted by molar-refractivity contribution is 0.0795. The molecule has 6 bridgehead atoms. The van der Waals surface area contributed by atoms with E-state index in [9.17, 15) is 0 Å². The van der Waals surface area contributed by atoms with Gasteiger partial charge in [0.15, 0.2) is 0 Å². The average Bonchev–Trinajstić information content (AvgIpc) is 2.67. The summed E-state index contributed by atoms with van der Waals surface area (Å²) >= 11 is 0. The monoisotopic (exact) mass is 302 g/mol. The minimum atomic E-state index is 0.777. The smallest absolute Gasteiger partial charge is 0.0320 e. The molecule has 5 atom stereocenters. The third-order valence-electron chi connectivity index (χ3n) is 8.38. The van der Waals surface area contributed by atoms with Gasteiger partial charge in [-0.15, -0.1) is 0 Å². The van der Waals surface area contributed by atoms with Crippen molar-refractivity contribution >= 4 is 0 Å². The first-order chi connectivity index (χ1) is 10.6. The Balaban J connectivity index is 0.000000116. The van der Waals surface area contributed by atoms with Crippen LogP contribution in [-0.4, -0.2) is 0 Å². The molecule has 0 radical (unpaired) electrons. The third kappa shape index (κ3) is 3.27. The van der Waals surface area contributed by atoms with Crippen LogP contribution in [0.3, 0.4) is 0 Å². The molecular weight excluding hydrogens is 264 g/mol. The molecular formula is C22H38. The average molecular weight is 303 g/mol. The SMILES string of the molecule is CC12CCC3CC(CC(C3)C1)C2.CC1CCC2CCCC1C2. The maximum atomic E-state index is 2.56. The van der Waals surface area contributed by atoms with E-state index in [2.05, 4.69) is 13.8 Å². The predicted octanol–water partition coefficient (Wildman–Crippen LogP) is 6.84. The van der Waals surface area contributed by atoms with E-state index in [1.165, 1.54) is 25.7 Å². The van der Waals surface area contributed by atoms with E-state index in [0.29, 0.717) is 0 Å². The Morgan fingerprint density at radius 1 is 0.682 bits per heavy atom. The van der Waals surface area contributed by atoms with E-state index in [1.54, 1.807) is 57.8 Å². The highest BCUT2D eigenvalue weighted by Crippen LogP contribution is 2.56. The molecule has 0 aliphatic heterocycles. The molecule has 6 aliphatic rings. The van der Waals surface area contributed by atoms with Crippen molar-refractivity contribution in [1.82, 2.24) is 0 Å². The Morgan fingerprint density at radius 3 is 2.14 bits per heavy atom. The molecule has 0 aromatic carbocycles. The van der Waals surface area contributed by atoms with Crippen molar-refractivity contribution in [3.05, 3.63) is 0 Å². The van der Waals surface area contributed by atoms with E-state index >= 15 is 0 Å². The lowest BCUT2D eigenvalue weighted by Gasteiger charge is -2.43. The highest BCUT2D eigenvalue weighted by Gasteiger charge is 2.44. The normalized spacial score (nSPS) is 52.6. The number of hydrogen-bond donors (Lipinski definition) is 0. The Labute approximate surface area is 138 Å². The van der Waals surface area contributed by atoms with Crippen molar-refractivity contribution in [2.75, 3.05) is 0 Å². The van der Waals surface area contributed by atoms with Gasteiger partial charge in [0.25, 0.3) is 0 Å². The highest BCUT2D eigenvalue weighted by molar-refractivity contribution is 4.96. The molecule has 0 N–H and O–H groups in total. The Kier molecular flexibility index (Phi) is 4.33. The van der Waals surface area contributed by atoms with Gasteiger partial charge in [0.05, 0.1) is 0 Å². The van der Waals surface area contributed by atoms with Crippen LogP contribution >= 0.6 is 0 Å². The van der Waals surface area contributed by atoms with Crippen LogP contribution in [0.15, 0.2) is 0 Å². The van der Waals surface area contributed by atoms with Crippen LogP contribution in [-0.2, 0) is 0 Å². The summed E-state index contributed by atoms with van der Waals surface area (Å²) in [5, 5.41) is 0. The first kappa shape index (κ1) is 15.5. The second-order valence-corrected chi connectivity index (χ2v) is 10.4. The molecule has 0 amide bonds. The minimum absolute atomic E-state index is 0.777. The maximum absolute atomic E-state index is 2.56. The molecule has 6 rings (SSSR count). The molecule has 6 aliphatic carbocycles. The zero-order valence-electron chi connectivity index (χ0n) is 15.2. The Morgan fingerprint density at radius 2 is 1.41 bits per heavy atom. The molecule has 6 fully saturated rings. The summed E-state index contributed by atoms with van der Waals surface area (Å²) in [6.07, 6.45) is 20.3. The van der Waals surface area contributed by atoms with E-state index in [0.717, 1.165) is 40.9 Å². The van der Waals surface area contributed by atoms with Gasteiger partial charge in [0.1, 0.15) is 0 Å². The molecule has 126 valence electrons. The summed E-state index contributed by atoms with van der Waals surface area (Å²) in [5.74, 6) is 6.71. The summed E-state index contributed by atoms with van der Waals surface area (Å²) < 4.78 is 0. The lowest BCUT2D eigenvalue weighted by atomic mass is 9.62. The van der Waals surface area contributed by atoms with Gasteiger partial charge in [-0.1, -0.05) is 46.0 Å². The van der Waals surface area contributed by atoms with Gasteiger partial charge in [-0.25, -0.2) is 0 Å². The zero-order chi connectivity index (χ0) is 15.2. The molecule has 0 aromatic heterocycles. The van der Waals surface area contributed by atoms with Gasteiger partial charge in [-0.05, 0) is 92.3 Å². The molecule has 0 nitrogen and oxygen atoms in total. The molecule has 22 heavy (non-hydrogen) atoms. The fraction of sp³-hybridized carbons (Fsp3) is 1.00. The van der Waals surface area contributed by atoms with Gasteiger partial charge in [0.2, 0.25) is 0 Å². The standard InChI is InChI=1S/C12H20.C10H18/c1-12-3-2-9-4-10(7-12)6-11(5-9)8-12;1-8-5-6-9-3-2-4-10(8)7-9/h9-11H,2-8H2,1H3;8-10H,2-7H2,1H3. The summed E-state index contributed by atoms with van der Waals surface area (Å²) in [4.78, 5) is 0. The third-order valence-corrected chi connectivity index (χ3v) is 8.38. The molecule has 0 saturated heterocycles. The molecule has 0 heterocycles. The summed E-state index contributed by atoms with van der Waals surface area (Å²) in [5.41, 5.74) is 0.777. The van der Waals surface area contributed by atoms with Gasteiger partial charge < -0.3 is 0 Å². The first-order valence-corrected chi connectivity index (χ1v) is 10.6. The van der Waals surface area contributed by atoms with Crippen LogP contribution in [0.4, 0.5) is 0 Å². The van der Waals surface area contributed by atoms with Crippen LogP contribution in [0.2, 0.25) is 0 Å². The number of fused-ring (bicyclic) bond motifs is 3. The van der Waals surface area contributed by atoms with Gasteiger partial charge in [-0.2, -0.15) is 0 Å². The minimum Gasteiger partial charge on any atom is -0.0622 e. The molecule has 0 spiro atoms. The summed E-state index contributed by atoms with van der Waals surface area (Å²) in [6.45, 7) is 5.01. The van der Waals surface area contributed by atoms with Gasteiger partial charge >= 0.3 is 0 Å². The Hall–Kier alpha value is 0. The van der Waals surface area contributed by atoms with Crippen molar-refractivity contribution < 1.29 is 0 Å². The lowest BCUT2D eigenvalue weighted by Crippen LogP contribution is -2.32. The highest BCUT2D eigenvalue weighted by atomic mass is 14.5. The fourth-order valence-electron chi connectivity index (χ4n) is 7.35. The van der Waals surface area contributed by atoms with Crippen LogP contribution < -0.4 is 0 Å². The summed E-state index contributed by atoms with van der Waals surface area (Å²) in [7, 11) is 0. The van der Waals surface area contributed by atoms with E-state index in [-0.39, 0.29) is 0 Å².